The normalized spacial score (nSPS) is 9.33. The first kappa shape index (κ1) is 8.19. The predicted octanol–water partition coefficient (Wildman–Crippen LogP) is -0.290. The first-order valence-electron chi connectivity index (χ1n) is 3.19. The van der Waals surface area contributed by atoms with Crippen molar-refractivity contribution in [3.8, 4) is 0 Å². The van der Waals surface area contributed by atoms with Gasteiger partial charge in [-0.05, 0) is 6.07 Å². The summed E-state index contributed by atoms with van der Waals surface area (Å²) in [5.41, 5.74) is 5.52. The van der Waals surface area contributed by atoms with E-state index in [2.05, 4.69) is 0 Å². The molecule has 0 spiro atoms. The van der Waals surface area contributed by atoms with E-state index in [1.807, 2.05) is 0 Å². The summed E-state index contributed by atoms with van der Waals surface area (Å²) in [4.78, 5) is 10.5. The van der Waals surface area contributed by atoms with E-state index in [0.29, 0.717) is 5.82 Å². The fourth-order valence-corrected chi connectivity index (χ4v) is 0.767. The number of nitrogen functional groups attached to an aromatic ring is 1. The van der Waals surface area contributed by atoms with Gasteiger partial charge in [0.15, 0.2) is 0 Å². The Balaban J connectivity index is 3.22. The highest BCUT2D eigenvalue weighted by Crippen LogP contribution is 1.97. The highest BCUT2D eigenvalue weighted by atomic mass is 16.4. The van der Waals surface area contributed by atoms with E-state index in [0.717, 1.165) is 6.34 Å². The van der Waals surface area contributed by atoms with Crippen LogP contribution in [0.3, 0.4) is 0 Å². The monoisotopic (exact) mass is 166 g/mol. The number of hydrogen-bond donors (Lipinski definition) is 3. The third-order valence-electron chi connectivity index (χ3n) is 1.40. The van der Waals surface area contributed by atoms with Crippen LogP contribution in [0.4, 0.5) is 5.82 Å². The summed E-state index contributed by atoms with van der Waals surface area (Å²) in [7, 11) is 0. The molecule has 1 aromatic heterocycles. The smallest absolute Gasteiger partial charge is 0.338 e. The number of nitrogens with one attached hydrogen (secondary N) is 1. The van der Waals surface area contributed by atoms with Crippen LogP contribution in [0.5, 0.6) is 0 Å². The standard InChI is InChI=1S/C7H7N3O2/c8-4-10-3-5(7(11)12)1-2-6(10)9/h1-4,8-9H,(H,11,12)/p+1. The van der Waals surface area contributed by atoms with Crippen LogP contribution in [0, 0.1) is 5.41 Å². The van der Waals surface area contributed by atoms with Crippen LogP contribution < -0.4 is 10.3 Å². The van der Waals surface area contributed by atoms with E-state index in [1.165, 1.54) is 22.9 Å². The highest BCUT2D eigenvalue weighted by molar-refractivity contribution is 5.87. The van der Waals surface area contributed by atoms with Gasteiger partial charge >= 0.3 is 5.97 Å². The Morgan fingerprint density at radius 2 is 2.33 bits per heavy atom. The van der Waals surface area contributed by atoms with Gasteiger partial charge in [0.05, 0.1) is 11.8 Å². The number of nitrogens with two attached hydrogens (primary N) is 1. The van der Waals surface area contributed by atoms with Crippen molar-refractivity contribution >= 4 is 18.1 Å². The van der Waals surface area contributed by atoms with Gasteiger partial charge in [0.2, 0.25) is 12.2 Å². The van der Waals surface area contributed by atoms with Gasteiger partial charge in [-0.15, -0.1) is 0 Å². The summed E-state index contributed by atoms with van der Waals surface area (Å²) in [6, 6.07) is 2.83. The van der Waals surface area contributed by atoms with Crippen molar-refractivity contribution < 1.29 is 14.5 Å². The predicted molar refractivity (Wildman–Crippen MR) is 42.2 cm³/mol. The summed E-state index contributed by atoms with van der Waals surface area (Å²) >= 11 is 0. The number of rotatable bonds is 2. The average molecular weight is 166 g/mol. The third kappa shape index (κ3) is 1.39. The Bertz CT molecular complexity index is 335. The fourth-order valence-electron chi connectivity index (χ4n) is 0.767. The molecule has 12 heavy (non-hydrogen) atoms. The summed E-state index contributed by atoms with van der Waals surface area (Å²) < 4.78 is 1.23. The Kier molecular flexibility index (Phi) is 2.05. The molecule has 1 rings (SSSR count). The zero-order chi connectivity index (χ0) is 9.14. The molecule has 1 heterocycles. The van der Waals surface area contributed by atoms with E-state index in [-0.39, 0.29) is 5.56 Å². The van der Waals surface area contributed by atoms with E-state index in [9.17, 15) is 4.79 Å². The van der Waals surface area contributed by atoms with Gasteiger partial charge in [-0.25, -0.2) is 9.36 Å². The van der Waals surface area contributed by atoms with Crippen LogP contribution >= 0.6 is 0 Å². The molecular weight excluding hydrogens is 158 g/mol. The second-order valence-electron chi connectivity index (χ2n) is 2.18. The van der Waals surface area contributed by atoms with Crippen molar-refractivity contribution in [1.82, 2.24) is 0 Å². The Labute approximate surface area is 68.6 Å². The summed E-state index contributed by atoms with van der Waals surface area (Å²) in [5, 5.41) is 15.5. The largest absolute Gasteiger partial charge is 0.478 e. The first-order valence-corrected chi connectivity index (χ1v) is 3.19. The van der Waals surface area contributed by atoms with Crippen LogP contribution in [0.15, 0.2) is 18.3 Å². The quantitative estimate of drug-likeness (QED) is 0.320. The van der Waals surface area contributed by atoms with Crippen LogP contribution in [0.25, 0.3) is 0 Å². The molecule has 4 N–H and O–H groups in total. The highest BCUT2D eigenvalue weighted by Gasteiger charge is 2.06. The zero-order valence-electron chi connectivity index (χ0n) is 6.19. The molecule has 5 nitrogen and oxygen atoms in total. The lowest BCUT2D eigenvalue weighted by atomic mass is 10.3. The van der Waals surface area contributed by atoms with Gasteiger partial charge in [-0.2, -0.15) is 5.41 Å². The van der Waals surface area contributed by atoms with E-state index < -0.39 is 5.97 Å². The second kappa shape index (κ2) is 3.00. The minimum Gasteiger partial charge on any atom is -0.478 e. The van der Waals surface area contributed by atoms with Gasteiger partial charge < -0.3 is 10.8 Å². The molecular formula is C7H8N3O2+. The molecule has 0 saturated heterocycles. The molecule has 0 aliphatic rings. The number of anilines is 1. The van der Waals surface area contributed by atoms with Gasteiger partial charge in [0.25, 0.3) is 0 Å². The molecule has 0 bridgehead atoms. The van der Waals surface area contributed by atoms with Crippen molar-refractivity contribution in [3.05, 3.63) is 23.9 Å². The van der Waals surface area contributed by atoms with E-state index in [1.54, 1.807) is 0 Å². The minimum atomic E-state index is -1.04. The van der Waals surface area contributed by atoms with Gasteiger partial charge in [-0.1, -0.05) is 0 Å². The minimum absolute atomic E-state index is 0.104. The third-order valence-corrected chi connectivity index (χ3v) is 1.40. The van der Waals surface area contributed by atoms with E-state index >= 15 is 0 Å². The topological polar surface area (TPSA) is 91.0 Å². The maximum Gasteiger partial charge on any atom is 0.338 e. The molecule has 0 radical (unpaired) electrons. The number of carboxylic acid groups (broad SMARTS) is 1. The lowest BCUT2D eigenvalue weighted by molar-refractivity contribution is -0.530. The number of nitrogens with zero attached hydrogens (tertiary/aromatic N) is 1. The molecule has 62 valence electrons. The average Bonchev–Trinajstić information content (AvgIpc) is 2.05. The SMILES string of the molecule is N=C[n+]1cc(C(=O)O)ccc1N. The molecule has 0 aliphatic heterocycles. The number of hydrogen-bond acceptors (Lipinski definition) is 3. The molecule has 0 unspecified atom stereocenters. The van der Waals surface area contributed by atoms with Crippen LogP contribution in [-0.4, -0.2) is 17.4 Å². The summed E-state index contributed by atoms with van der Waals surface area (Å²) in [5.74, 6) is -0.708. The maximum atomic E-state index is 10.5. The molecule has 0 aliphatic carbocycles. The number of carbonyl (C=O) groups is 1. The van der Waals surface area contributed by atoms with E-state index in [4.69, 9.17) is 16.2 Å². The molecule has 0 saturated carbocycles. The van der Waals surface area contributed by atoms with Crippen LogP contribution in [-0.2, 0) is 0 Å². The van der Waals surface area contributed by atoms with Crippen molar-refractivity contribution in [2.24, 2.45) is 0 Å². The van der Waals surface area contributed by atoms with Gasteiger partial charge in [0.1, 0.15) is 0 Å². The van der Waals surface area contributed by atoms with Gasteiger partial charge in [-0.3, -0.25) is 0 Å². The summed E-state index contributed by atoms with van der Waals surface area (Å²) in [6.45, 7) is 0. The molecule has 0 atom stereocenters. The summed E-state index contributed by atoms with van der Waals surface area (Å²) in [6.07, 6.45) is 2.23. The van der Waals surface area contributed by atoms with Crippen LogP contribution in [0.2, 0.25) is 0 Å². The Morgan fingerprint density at radius 3 is 2.83 bits per heavy atom. The lowest BCUT2D eigenvalue weighted by Gasteiger charge is -1.97. The molecule has 0 aromatic carbocycles. The molecule has 1 aromatic rings. The van der Waals surface area contributed by atoms with Crippen molar-refractivity contribution in [1.29, 1.82) is 5.41 Å². The Morgan fingerprint density at radius 1 is 1.67 bits per heavy atom. The van der Waals surface area contributed by atoms with Gasteiger partial charge in [0, 0.05) is 6.07 Å². The molecule has 0 fully saturated rings. The number of pyridine rings is 1. The second-order valence-corrected chi connectivity index (χ2v) is 2.18. The molecule has 5 heteroatoms. The number of aromatic nitrogens is 1. The maximum absolute atomic E-state index is 10.5. The number of carboxylic acids is 1. The van der Waals surface area contributed by atoms with Crippen molar-refractivity contribution in [2.45, 2.75) is 0 Å². The zero-order valence-corrected chi connectivity index (χ0v) is 6.19. The fraction of sp³-hybridized carbons (Fsp3) is 0. The Hall–Kier alpha value is -1.91. The first-order chi connectivity index (χ1) is 5.65. The lowest BCUT2D eigenvalue weighted by Crippen LogP contribution is -2.36. The van der Waals surface area contributed by atoms with Crippen molar-refractivity contribution in [2.75, 3.05) is 5.73 Å². The van der Waals surface area contributed by atoms with Crippen molar-refractivity contribution in [3.63, 3.8) is 0 Å². The number of aromatic carboxylic acids is 1. The van der Waals surface area contributed by atoms with Crippen LogP contribution in [0.1, 0.15) is 10.4 Å². The molecule has 0 amide bonds.